The van der Waals surface area contributed by atoms with E-state index in [0.717, 1.165) is 68.3 Å². The number of carboxylic acids is 1. The summed E-state index contributed by atoms with van der Waals surface area (Å²) < 4.78 is 22.1. The number of benzene rings is 1. The van der Waals surface area contributed by atoms with Gasteiger partial charge in [0, 0.05) is 24.4 Å². The first-order valence-electron chi connectivity index (χ1n) is 20.0. The summed E-state index contributed by atoms with van der Waals surface area (Å²) in [6.07, 6.45) is 7.82. The first kappa shape index (κ1) is 37.9. The fraction of sp³-hybridized carbons (Fsp3) is 0.705. The first-order valence-corrected chi connectivity index (χ1v) is 20.0. The van der Waals surface area contributed by atoms with Gasteiger partial charge in [0.15, 0.2) is 11.6 Å². The predicted molar refractivity (Wildman–Crippen MR) is 201 cm³/mol. The molecule has 2 unspecified atom stereocenters. The Labute approximate surface area is 314 Å². The lowest BCUT2D eigenvalue weighted by atomic mass is 9.33. The van der Waals surface area contributed by atoms with Crippen molar-refractivity contribution in [3.63, 3.8) is 0 Å². The van der Waals surface area contributed by atoms with Crippen molar-refractivity contribution in [3.8, 4) is 11.4 Å². The minimum Gasteiger partial charge on any atom is -0.481 e. The molecule has 8 atom stereocenters. The van der Waals surface area contributed by atoms with Gasteiger partial charge in [-0.2, -0.15) is 0 Å². The van der Waals surface area contributed by atoms with Crippen LogP contribution in [-0.4, -0.2) is 43.7 Å². The maximum Gasteiger partial charge on any atom is 0.309 e. The van der Waals surface area contributed by atoms with Gasteiger partial charge in [0.1, 0.15) is 17.7 Å². The van der Waals surface area contributed by atoms with Gasteiger partial charge in [0.2, 0.25) is 0 Å². The Morgan fingerprint density at radius 2 is 1.62 bits per heavy atom. The summed E-state index contributed by atoms with van der Waals surface area (Å²) >= 11 is 0. The molecule has 0 amide bonds. The molecule has 288 valence electrons. The van der Waals surface area contributed by atoms with Crippen LogP contribution in [0.25, 0.3) is 11.4 Å². The molecular weight excluding hydrogens is 669 g/mol. The van der Waals surface area contributed by atoms with Crippen molar-refractivity contribution in [2.45, 2.75) is 138 Å². The highest BCUT2D eigenvalue weighted by Gasteiger charge is 2.71. The number of nitrogens with zero attached hydrogens (tertiary/aromatic N) is 3. The molecule has 5 aliphatic rings. The Morgan fingerprint density at radius 3 is 2.26 bits per heavy atom. The van der Waals surface area contributed by atoms with Crippen LogP contribution in [-0.2, 0) is 31.6 Å². The van der Waals surface area contributed by atoms with Gasteiger partial charge in [0.25, 0.3) is 0 Å². The van der Waals surface area contributed by atoms with E-state index in [4.69, 9.17) is 9.84 Å². The topological polar surface area (TPSA) is 111 Å². The number of allylic oxidation sites excluding steroid dienone is 2. The van der Waals surface area contributed by atoms with Crippen LogP contribution < -0.4 is 0 Å². The number of hydrogen-bond acceptors (Lipinski definition) is 6. The van der Waals surface area contributed by atoms with Crippen LogP contribution in [0.5, 0.6) is 0 Å². The third kappa shape index (κ3) is 5.35. The average Bonchev–Trinajstić information content (AvgIpc) is 3.60. The van der Waals surface area contributed by atoms with E-state index in [1.54, 1.807) is 26.0 Å². The lowest BCUT2D eigenvalue weighted by molar-refractivity contribution is -0.232. The highest BCUT2D eigenvalue weighted by Crippen LogP contribution is 2.76. The van der Waals surface area contributed by atoms with Crippen LogP contribution in [0.3, 0.4) is 0 Å². The van der Waals surface area contributed by atoms with Gasteiger partial charge in [-0.1, -0.05) is 48.5 Å². The quantitative estimate of drug-likeness (QED) is 0.283. The summed E-state index contributed by atoms with van der Waals surface area (Å²) in [7, 11) is 1.99. The number of ether oxygens (including phenoxy) is 1. The zero-order chi connectivity index (χ0) is 38.7. The lowest BCUT2D eigenvalue weighted by Gasteiger charge is -2.72. The van der Waals surface area contributed by atoms with Crippen molar-refractivity contribution in [2.75, 3.05) is 0 Å². The van der Waals surface area contributed by atoms with E-state index in [0.29, 0.717) is 24.1 Å². The van der Waals surface area contributed by atoms with Crippen LogP contribution >= 0.6 is 0 Å². The molecule has 1 N–H and O–H groups in total. The maximum absolute atomic E-state index is 14.2. The summed E-state index contributed by atoms with van der Waals surface area (Å²) in [6.45, 7) is 19.6. The Morgan fingerprint density at radius 1 is 0.943 bits per heavy atom. The third-order valence-electron chi connectivity index (χ3n) is 16.2. The number of esters is 1. The van der Waals surface area contributed by atoms with Crippen molar-refractivity contribution in [1.29, 1.82) is 0 Å². The number of fused-ring (bicyclic) bond motifs is 7. The minimum atomic E-state index is -1.17. The van der Waals surface area contributed by atoms with Crippen LogP contribution in [0.15, 0.2) is 35.4 Å². The Hall–Kier alpha value is -3.36. The van der Waals surface area contributed by atoms with Crippen molar-refractivity contribution in [1.82, 2.24) is 14.8 Å². The molecule has 7 rings (SSSR count). The zero-order valence-electron chi connectivity index (χ0n) is 33.6. The number of halogens is 1. The van der Waals surface area contributed by atoms with E-state index in [-0.39, 0.29) is 57.6 Å². The minimum absolute atomic E-state index is 0.0260. The monoisotopic (exact) mass is 729 g/mol. The van der Waals surface area contributed by atoms with E-state index in [2.05, 4.69) is 58.1 Å². The Bertz CT molecular complexity index is 1880. The van der Waals surface area contributed by atoms with E-state index >= 15 is 0 Å². The zero-order valence-corrected chi connectivity index (χ0v) is 33.6. The second kappa shape index (κ2) is 12.3. The molecular formula is C44H60FN3O5. The van der Waals surface area contributed by atoms with Gasteiger partial charge < -0.3 is 14.4 Å². The molecule has 2 aromatic rings. The van der Waals surface area contributed by atoms with Gasteiger partial charge >= 0.3 is 11.9 Å². The van der Waals surface area contributed by atoms with Gasteiger partial charge in [-0.05, 0) is 141 Å². The summed E-state index contributed by atoms with van der Waals surface area (Å²) in [5.74, 6) is 1.25. The van der Waals surface area contributed by atoms with Crippen molar-refractivity contribution in [2.24, 2.45) is 57.8 Å². The fourth-order valence-corrected chi connectivity index (χ4v) is 13.3. The van der Waals surface area contributed by atoms with Crippen molar-refractivity contribution < 1.29 is 28.6 Å². The highest BCUT2D eigenvalue weighted by atomic mass is 19.1. The number of carboxylic acid groups (broad SMARTS) is 1. The summed E-state index contributed by atoms with van der Waals surface area (Å²) in [4.78, 5) is 39.1. The van der Waals surface area contributed by atoms with Crippen molar-refractivity contribution in [3.05, 3.63) is 47.1 Å². The molecule has 53 heavy (non-hydrogen) atoms. The number of aromatic nitrogens is 3. The van der Waals surface area contributed by atoms with Crippen LogP contribution in [0.2, 0.25) is 0 Å². The molecule has 0 spiro atoms. The molecule has 9 heteroatoms. The number of aliphatic carboxylic acids is 1. The standard InChI is InChI=1S/C44H60FN3O5/c1-25(2)34-29(49)23-44(37-47-46-36(48(37)10)26-11-13-27(45)14-12-26)22-21-42(8)28(35(34)44)15-16-31-41(7)19-18-32(53-33(50)24-39(3,4)38(51)52)40(5,6)30(41)17-20-43(31,42)9/h11-14,25,28,30-32H,15-24H2,1-10H3,(H,51,52)/t28-,30?,31?,32+,41+,42-,43-,44-/m1/s1. The summed E-state index contributed by atoms with van der Waals surface area (Å²) in [6, 6.07) is 6.39. The van der Waals surface area contributed by atoms with E-state index in [1.807, 2.05) is 7.05 Å². The number of carbonyl (C=O) groups is 3. The molecule has 0 aliphatic heterocycles. The Balaban J connectivity index is 1.22. The van der Waals surface area contributed by atoms with Crippen molar-refractivity contribution >= 4 is 17.7 Å². The molecule has 0 bridgehead atoms. The molecule has 4 saturated carbocycles. The molecule has 1 aromatic carbocycles. The number of carbonyl (C=O) groups excluding carboxylic acids is 2. The second-order valence-electron chi connectivity index (χ2n) is 19.9. The maximum atomic E-state index is 14.2. The number of ketones is 1. The molecule has 4 fully saturated rings. The molecule has 1 aromatic heterocycles. The van der Waals surface area contributed by atoms with Crippen LogP contribution in [0, 0.1) is 56.6 Å². The SMILES string of the molecule is CC(C)C1=C2[C@H]3CCC4[C@@]5(C)CC[C@H](OC(=O)CC(C)(C)C(=O)O)C(C)(C)C5CC[C@@]4(C)[C@]3(C)CC[C@@]2(c2nnc(-c3ccc(F)cc3)n2C)CC1=O. The molecule has 5 aliphatic carbocycles. The van der Waals surface area contributed by atoms with E-state index < -0.39 is 22.8 Å². The number of rotatable bonds is 7. The largest absolute Gasteiger partial charge is 0.481 e. The normalized spacial score (nSPS) is 36.4. The fourth-order valence-electron chi connectivity index (χ4n) is 13.3. The summed E-state index contributed by atoms with van der Waals surface area (Å²) in [5, 5.41) is 19.1. The van der Waals surface area contributed by atoms with E-state index in [9.17, 15) is 23.9 Å². The first-order chi connectivity index (χ1) is 24.6. The van der Waals surface area contributed by atoms with Crippen LogP contribution in [0.1, 0.15) is 132 Å². The highest BCUT2D eigenvalue weighted by molar-refractivity contribution is 6.01. The molecule has 8 nitrogen and oxygen atoms in total. The number of hydrogen-bond donors (Lipinski definition) is 1. The molecule has 0 radical (unpaired) electrons. The number of Topliss-reactive ketones (excluding diaryl/α,β-unsaturated/α-hetero) is 1. The summed E-state index contributed by atoms with van der Waals surface area (Å²) in [5.41, 5.74) is 1.26. The molecule has 0 saturated heterocycles. The molecule has 1 heterocycles. The van der Waals surface area contributed by atoms with Gasteiger partial charge in [-0.3, -0.25) is 14.4 Å². The van der Waals surface area contributed by atoms with Gasteiger partial charge in [-0.15, -0.1) is 10.2 Å². The van der Waals surface area contributed by atoms with E-state index in [1.165, 1.54) is 17.7 Å². The van der Waals surface area contributed by atoms with Gasteiger partial charge in [0.05, 0.1) is 17.3 Å². The Kier molecular flexibility index (Phi) is 8.82. The van der Waals surface area contributed by atoms with Crippen LogP contribution in [0.4, 0.5) is 4.39 Å². The lowest BCUT2D eigenvalue weighted by Crippen LogP contribution is -2.66. The third-order valence-corrected chi connectivity index (χ3v) is 16.2. The average molecular weight is 730 g/mol. The second-order valence-corrected chi connectivity index (χ2v) is 19.9. The smallest absolute Gasteiger partial charge is 0.309 e. The van der Waals surface area contributed by atoms with Gasteiger partial charge in [-0.25, -0.2) is 4.39 Å². The predicted octanol–water partition coefficient (Wildman–Crippen LogP) is 9.27.